The highest BCUT2D eigenvalue weighted by Crippen LogP contribution is 2.44. The van der Waals surface area contributed by atoms with Gasteiger partial charge in [-0.1, -0.05) is 0 Å². The lowest BCUT2D eigenvalue weighted by atomic mass is 10.1. The molecule has 0 unspecified atom stereocenters. The SMILES string of the molecule is O=[N+]([O-])c1ccc(NCC2(CO)CC2)cn1. The lowest BCUT2D eigenvalue weighted by molar-refractivity contribution is -0.389. The summed E-state index contributed by atoms with van der Waals surface area (Å²) in [5.74, 6) is -0.158. The number of nitrogens with zero attached hydrogens (tertiary/aromatic N) is 2. The Bertz CT molecular complexity index is 387. The minimum absolute atomic E-state index is 0.0156. The first-order valence-corrected chi connectivity index (χ1v) is 5.10. The number of aliphatic hydroxyl groups is 1. The van der Waals surface area contributed by atoms with Gasteiger partial charge in [-0.2, -0.15) is 0 Å². The van der Waals surface area contributed by atoms with Crippen LogP contribution in [0, 0.1) is 15.5 Å². The van der Waals surface area contributed by atoms with E-state index in [4.69, 9.17) is 5.11 Å². The van der Waals surface area contributed by atoms with Crippen LogP contribution in [-0.2, 0) is 0 Å². The Hall–Kier alpha value is -1.69. The fourth-order valence-electron chi connectivity index (χ4n) is 1.46. The third-order valence-electron chi connectivity index (χ3n) is 2.89. The number of anilines is 1. The van der Waals surface area contributed by atoms with Crippen molar-refractivity contribution in [2.45, 2.75) is 12.8 Å². The second-order valence-electron chi connectivity index (χ2n) is 4.17. The average Bonchev–Trinajstić information content (AvgIpc) is 3.08. The quantitative estimate of drug-likeness (QED) is 0.578. The molecular weight excluding hydrogens is 210 g/mol. The highest BCUT2D eigenvalue weighted by molar-refractivity contribution is 5.43. The number of hydrogen-bond donors (Lipinski definition) is 2. The molecule has 1 aromatic heterocycles. The topological polar surface area (TPSA) is 88.3 Å². The van der Waals surface area contributed by atoms with Crippen molar-refractivity contribution in [3.63, 3.8) is 0 Å². The van der Waals surface area contributed by atoms with Crippen LogP contribution in [0.5, 0.6) is 0 Å². The second-order valence-corrected chi connectivity index (χ2v) is 4.17. The molecule has 6 heteroatoms. The van der Waals surface area contributed by atoms with Crippen molar-refractivity contribution >= 4 is 11.5 Å². The Morgan fingerprint density at radius 3 is 2.75 bits per heavy atom. The molecule has 0 radical (unpaired) electrons. The summed E-state index contributed by atoms with van der Waals surface area (Å²) >= 11 is 0. The molecule has 0 spiro atoms. The maximum Gasteiger partial charge on any atom is 0.363 e. The Labute approximate surface area is 92.5 Å². The molecule has 0 aliphatic heterocycles. The number of aliphatic hydroxyl groups excluding tert-OH is 1. The fourth-order valence-corrected chi connectivity index (χ4v) is 1.46. The Morgan fingerprint density at radius 2 is 2.31 bits per heavy atom. The molecule has 0 saturated heterocycles. The molecule has 1 aromatic rings. The average molecular weight is 223 g/mol. The summed E-state index contributed by atoms with van der Waals surface area (Å²) in [6.45, 7) is 0.864. The predicted molar refractivity (Wildman–Crippen MR) is 58.1 cm³/mol. The largest absolute Gasteiger partial charge is 0.396 e. The molecular formula is C10H13N3O3. The number of rotatable bonds is 5. The molecule has 6 nitrogen and oxygen atoms in total. The summed E-state index contributed by atoms with van der Waals surface area (Å²) in [4.78, 5) is 13.5. The van der Waals surface area contributed by atoms with Crippen molar-refractivity contribution in [1.82, 2.24) is 4.98 Å². The van der Waals surface area contributed by atoms with Crippen molar-refractivity contribution in [3.8, 4) is 0 Å². The van der Waals surface area contributed by atoms with E-state index in [1.54, 1.807) is 6.07 Å². The fraction of sp³-hybridized carbons (Fsp3) is 0.500. The number of pyridine rings is 1. The number of hydrogen-bond acceptors (Lipinski definition) is 5. The third kappa shape index (κ3) is 2.27. The van der Waals surface area contributed by atoms with Crippen molar-refractivity contribution in [2.24, 2.45) is 5.41 Å². The van der Waals surface area contributed by atoms with Gasteiger partial charge >= 0.3 is 5.82 Å². The van der Waals surface area contributed by atoms with Gasteiger partial charge in [0.25, 0.3) is 0 Å². The Balaban J connectivity index is 1.93. The number of aromatic nitrogens is 1. The first-order valence-electron chi connectivity index (χ1n) is 5.10. The minimum atomic E-state index is -0.528. The highest BCUT2D eigenvalue weighted by Gasteiger charge is 2.41. The van der Waals surface area contributed by atoms with Crippen LogP contribution in [0.2, 0.25) is 0 Å². The van der Waals surface area contributed by atoms with Gasteiger partial charge in [0.2, 0.25) is 0 Å². The van der Waals surface area contributed by atoms with Gasteiger partial charge in [-0.25, -0.2) is 0 Å². The van der Waals surface area contributed by atoms with Crippen molar-refractivity contribution in [2.75, 3.05) is 18.5 Å². The molecule has 0 aromatic carbocycles. The van der Waals surface area contributed by atoms with E-state index in [9.17, 15) is 10.1 Å². The summed E-state index contributed by atoms with van der Waals surface area (Å²) in [7, 11) is 0. The lowest BCUT2D eigenvalue weighted by Gasteiger charge is -2.12. The number of nitrogens with one attached hydrogen (secondary N) is 1. The van der Waals surface area contributed by atoms with Gasteiger partial charge in [0.15, 0.2) is 6.20 Å². The van der Waals surface area contributed by atoms with Crippen LogP contribution in [0.4, 0.5) is 11.5 Å². The molecule has 0 bridgehead atoms. The molecule has 2 rings (SSSR count). The van der Waals surface area contributed by atoms with Crippen LogP contribution >= 0.6 is 0 Å². The summed E-state index contributed by atoms with van der Waals surface area (Å²) in [6.07, 6.45) is 3.49. The molecule has 1 saturated carbocycles. The van der Waals surface area contributed by atoms with Gasteiger partial charge in [0.1, 0.15) is 0 Å². The standard InChI is InChI=1S/C10H13N3O3/c14-7-10(3-4-10)6-12-8-1-2-9(11-5-8)13(15)16/h1-2,5,12,14H,3-4,6-7H2. The molecule has 1 heterocycles. The summed E-state index contributed by atoms with van der Waals surface area (Å²) in [6, 6.07) is 2.99. The Kier molecular flexibility index (Phi) is 2.74. The normalized spacial score (nSPS) is 16.8. The first kappa shape index (κ1) is 10.8. The van der Waals surface area contributed by atoms with Crippen molar-refractivity contribution in [1.29, 1.82) is 0 Å². The molecule has 1 aliphatic rings. The smallest absolute Gasteiger partial charge is 0.363 e. The maximum absolute atomic E-state index is 10.4. The molecule has 86 valence electrons. The molecule has 16 heavy (non-hydrogen) atoms. The van der Waals surface area contributed by atoms with E-state index in [0.717, 1.165) is 18.5 Å². The van der Waals surface area contributed by atoms with Gasteiger partial charge in [0.05, 0.1) is 12.3 Å². The molecule has 1 aliphatic carbocycles. The first-order chi connectivity index (χ1) is 7.65. The van der Waals surface area contributed by atoms with E-state index in [0.29, 0.717) is 6.54 Å². The molecule has 1 fully saturated rings. The van der Waals surface area contributed by atoms with E-state index >= 15 is 0 Å². The van der Waals surface area contributed by atoms with Gasteiger partial charge in [-0.15, -0.1) is 0 Å². The minimum Gasteiger partial charge on any atom is -0.396 e. The lowest BCUT2D eigenvalue weighted by Crippen LogP contribution is -2.19. The van der Waals surface area contributed by atoms with Crippen molar-refractivity contribution in [3.05, 3.63) is 28.4 Å². The third-order valence-corrected chi connectivity index (χ3v) is 2.89. The zero-order chi connectivity index (χ0) is 11.6. The van der Waals surface area contributed by atoms with E-state index in [-0.39, 0.29) is 17.8 Å². The highest BCUT2D eigenvalue weighted by atomic mass is 16.6. The van der Waals surface area contributed by atoms with Crippen molar-refractivity contribution < 1.29 is 10.0 Å². The maximum atomic E-state index is 10.4. The molecule has 2 N–H and O–H groups in total. The second kappa shape index (κ2) is 4.05. The number of nitro groups is 1. The van der Waals surface area contributed by atoms with Gasteiger partial charge in [-0.3, -0.25) is 0 Å². The van der Waals surface area contributed by atoms with Gasteiger partial charge < -0.3 is 20.5 Å². The molecule has 0 amide bonds. The van der Waals surface area contributed by atoms with Crippen LogP contribution in [0.3, 0.4) is 0 Å². The van der Waals surface area contributed by atoms with E-state index in [2.05, 4.69) is 10.3 Å². The summed E-state index contributed by atoms with van der Waals surface area (Å²) < 4.78 is 0. The zero-order valence-corrected chi connectivity index (χ0v) is 8.72. The summed E-state index contributed by atoms with van der Waals surface area (Å²) in [5, 5.41) is 22.6. The van der Waals surface area contributed by atoms with E-state index in [1.165, 1.54) is 12.3 Å². The van der Waals surface area contributed by atoms with Crippen LogP contribution in [-0.4, -0.2) is 28.2 Å². The van der Waals surface area contributed by atoms with E-state index in [1.807, 2.05) is 0 Å². The van der Waals surface area contributed by atoms with Gasteiger partial charge in [0, 0.05) is 18.0 Å². The molecule has 0 atom stereocenters. The van der Waals surface area contributed by atoms with Crippen LogP contribution < -0.4 is 5.32 Å². The van der Waals surface area contributed by atoms with Crippen LogP contribution in [0.15, 0.2) is 18.3 Å². The van der Waals surface area contributed by atoms with E-state index < -0.39 is 4.92 Å². The summed E-state index contributed by atoms with van der Waals surface area (Å²) in [5.41, 5.74) is 0.757. The predicted octanol–water partition coefficient (Wildman–Crippen LogP) is 1.17. The monoisotopic (exact) mass is 223 g/mol. The zero-order valence-electron chi connectivity index (χ0n) is 8.72. The Morgan fingerprint density at radius 1 is 1.56 bits per heavy atom. The van der Waals surface area contributed by atoms with Crippen LogP contribution in [0.25, 0.3) is 0 Å². The van der Waals surface area contributed by atoms with Gasteiger partial charge in [-0.05, 0) is 28.8 Å². The van der Waals surface area contributed by atoms with Crippen LogP contribution in [0.1, 0.15) is 12.8 Å².